The molecule has 0 bridgehead atoms. The first-order valence-electron chi connectivity index (χ1n) is 8.74. The molecule has 9 heteroatoms. The Kier molecular flexibility index (Phi) is 5.16. The molecule has 0 aliphatic carbocycles. The summed E-state index contributed by atoms with van der Waals surface area (Å²) in [4.78, 5) is 21.3. The van der Waals surface area contributed by atoms with Crippen molar-refractivity contribution in [1.82, 2.24) is 9.97 Å². The number of fused-ring (bicyclic) bond motifs is 1. The number of halogens is 1. The van der Waals surface area contributed by atoms with Crippen molar-refractivity contribution < 1.29 is 10.0 Å². The van der Waals surface area contributed by atoms with Gasteiger partial charge in [0.15, 0.2) is 0 Å². The lowest BCUT2D eigenvalue weighted by Crippen LogP contribution is -1.97. The number of aromatic hydroxyl groups is 1. The van der Waals surface area contributed by atoms with Crippen LogP contribution in [-0.2, 0) is 6.42 Å². The van der Waals surface area contributed by atoms with E-state index >= 15 is 0 Å². The summed E-state index contributed by atoms with van der Waals surface area (Å²) in [5.41, 5.74) is 2.14. The molecule has 0 atom stereocenters. The van der Waals surface area contributed by atoms with Crippen LogP contribution in [0.1, 0.15) is 11.8 Å². The Labute approximate surface area is 178 Å². The second-order valence-corrected chi connectivity index (χ2v) is 8.25. The average molecular weight is 471 g/mol. The van der Waals surface area contributed by atoms with E-state index in [0.29, 0.717) is 5.82 Å². The van der Waals surface area contributed by atoms with Gasteiger partial charge in [0.25, 0.3) is 5.69 Å². The van der Waals surface area contributed by atoms with E-state index in [4.69, 9.17) is 0 Å². The predicted octanol–water partition coefficient (Wildman–Crippen LogP) is 6.04. The minimum Gasteiger partial charge on any atom is -0.506 e. The summed E-state index contributed by atoms with van der Waals surface area (Å²) < 4.78 is 0.981. The normalized spacial score (nSPS) is 11.0. The van der Waals surface area contributed by atoms with Crippen LogP contribution in [0.2, 0.25) is 0 Å². The maximum atomic E-state index is 11.1. The number of nitrogens with one attached hydrogen (secondary N) is 1. The van der Waals surface area contributed by atoms with Gasteiger partial charge in [-0.2, -0.15) is 0 Å². The van der Waals surface area contributed by atoms with Gasteiger partial charge in [0.1, 0.15) is 22.7 Å². The highest BCUT2D eigenvalue weighted by atomic mass is 79.9. The molecule has 0 spiro atoms. The number of hydrogen-bond donors (Lipinski definition) is 2. The van der Waals surface area contributed by atoms with Gasteiger partial charge in [-0.25, -0.2) is 9.97 Å². The average Bonchev–Trinajstić information content (AvgIpc) is 3.09. The molecule has 7 nitrogen and oxygen atoms in total. The van der Waals surface area contributed by atoms with Gasteiger partial charge in [-0.15, -0.1) is 11.3 Å². The fourth-order valence-corrected chi connectivity index (χ4v) is 4.47. The smallest absolute Gasteiger partial charge is 0.271 e. The van der Waals surface area contributed by atoms with Gasteiger partial charge < -0.3 is 10.4 Å². The van der Waals surface area contributed by atoms with Crippen LogP contribution in [0.4, 0.5) is 17.2 Å². The van der Waals surface area contributed by atoms with Gasteiger partial charge >= 0.3 is 0 Å². The van der Waals surface area contributed by atoms with E-state index in [-0.39, 0.29) is 17.1 Å². The zero-order chi connectivity index (χ0) is 20.5. The molecule has 0 fully saturated rings. The molecular weight excluding hydrogens is 456 g/mol. The summed E-state index contributed by atoms with van der Waals surface area (Å²) in [5.74, 6) is 0.387. The third-order valence-corrected chi connectivity index (χ3v) is 6.23. The highest BCUT2D eigenvalue weighted by Gasteiger charge is 2.19. The first-order valence-corrected chi connectivity index (χ1v) is 10.4. The Morgan fingerprint density at radius 1 is 1.21 bits per heavy atom. The number of aromatic nitrogens is 2. The number of nitrogens with zero attached hydrogens (tertiary/aromatic N) is 3. The lowest BCUT2D eigenvalue weighted by Gasteiger charge is -2.10. The molecule has 2 N–H and O–H groups in total. The minimum absolute atomic E-state index is 0.0986. The molecule has 2 aromatic carbocycles. The highest BCUT2D eigenvalue weighted by Crippen LogP contribution is 2.42. The molecule has 2 heterocycles. The summed E-state index contributed by atoms with van der Waals surface area (Å²) >= 11 is 5.05. The number of nitro benzene ring substituents is 1. The van der Waals surface area contributed by atoms with Crippen molar-refractivity contribution in [2.75, 3.05) is 5.32 Å². The maximum absolute atomic E-state index is 11.1. The largest absolute Gasteiger partial charge is 0.506 e. The van der Waals surface area contributed by atoms with E-state index in [2.05, 4.69) is 38.1 Å². The number of rotatable bonds is 5. The Balaban J connectivity index is 1.90. The number of non-ortho nitro benzene ring substituents is 1. The standard InChI is InChI=1S/C20H15BrN4O3S/c1-2-16-17(11-3-5-12(21)6-4-11)18-19(22-10-23-20(18)29-16)24-14-9-13(25(27)28)7-8-15(14)26/h3-10,26H,2H2,1H3,(H,22,23,24). The Morgan fingerprint density at radius 2 is 1.97 bits per heavy atom. The number of benzene rings is 2. The van der Waals surface area contributed by atoms with Crippen LogP contribution in [0.25, 0.3) is 21.3 Å². The third kappa shape index (κ3) is 3.66. The van der Waals surface area contributed by atoms with E-state index in [1.54, 1.807) is 11.3 Å². The van der Waals surface area contributed by atoms with Gasteiger partial charge in [-0.1, -0.05) is 35.0 Å². The van der Waals surface area contributed by atoms with Crippen molar-refractivity contribution in [2.45, 2.75) is 13.3 Å². The van der Waals surface area contributed by atoms with Crippen molar-refractivity contribution in [1.29, 1.82) is 0 Å². The quantitative estimate of drug-likeness (QED) is 0.209. The first kappa shape index (κ1) is 19.3. The molecule has 0 unspecified atom stereocenters. The molecule has 0 saturated heterocycles. The van der Waals surface area contributed by atoms with Gasteiger partial charge in [-0.05, 0) is 30.2 Å². The van der Waals surface area contributed by atoms with Crippen LogP contribution in [-0.4, -0.2) is 20.0 Å². The Bertz CT molecular complexity index is 1220. The van der Waals surface area contributed by atoms with Gasteiger partial charge in [0, 0.05) is 27.0 Å². The van der Waals surface area contributed by atoms with E-state index in [1.807, 2.05) is 24.3 Å². The summed E-state index contributed by atoms with van der Waals surface area (Å²) in [7, 11) is 0. The number of aryl methyl sites for hydroxylation is 1. The summed E-state index contributed by atoms with van der Waals surface area (Å²) in [5, 5.41) is 25.2. The number of thiophene rings is 1. The molecule has 0 aliphatic rings. The van der Waals surface area contributed by atoms with Crippen molar-refractivity contribution in [3.63, 3.8) is 0 Å². The van der Waals surface area contributed by atoms with Crippen LogP contribution >= 0.6 is 27.3 Å². The van der Waals surface area contributed by atoms with E-state index < -0.39 is 4.92 Å². The number of phenols is 1. The van der Waals surface area contributed by atoms with Crippen LogP contribution in [0, 0.1) is 10.1 Å². The number of phenolic OH excluding ortho intramolecular Hbond substituents is 1. The lowest BCUT2D eigenvalue weighted by molar-refractivity contribution is -0.384. The van der Waals surface area contributed by atoms with Crippen molar-refractivity contribution in [3.05, 3.63) is 68.3 Å². The molecule has 0 saturated carbocycles. The van der Waals surface area contributed by atoms with Crippen LogP contribution in [0.5, 0.6) is 5.75 Å². The van der Waals surface area contributed by atoms with E-state index in [1.165, 1.54) is 24.5 Å². The maximum Gasteiger partial charge on any atom is 0.271 e. The summed E-state index contributed by atoms with van der Waals surface area (Å²) in [6, 6.07) is 11.8. The molecule has 29 heavy (non-hydrogen) atoms. The molecule has 4 aromatic rings. The van der Waals surface area contributed by atoms with Crippen molar-refractivity contribution in [3.8, 4) is 16.9 Å². The van der Waals surface area contributed by atoms with E-state index in [9.17, 15) is 15.2 Å². The second kappa shape index (κ2) is 7.76. The number of anilines is 2. The fourth-order valence-electron chi connectivity index (χ4n) is 3.11. The fraction of sp³-hybridized carbons (Fsp3) is 0.100. The van der Waals surface area contributed by atoms with Crippen LogP contribution < -0.4 is 5.32 Å². The zero-order valence-electron chi connectivity index (χ0n) is 15.2. The van der Waals surface area contributed by atoms with Gasteiger partial charge in [0.05, 0.1) is 16.0 Å². The topological polar surface area (TPSA) is 101 Å². The van der Waals surface area contributed by atoms with Gasteiger partial charge in [0.2, 0.25) is 0 Å². The second-order valence-electron chi connectivity index (χ2n) is 6.25. The summed E-state index contributed by atoms with van der Waals surface area (Å²) in [6.45, 7) is 2.08. The number of hydrogen-bond acceptors (Lipinski definition) is 7. The monoisotopic (exact) mass is 470 g/mol. The molecule has 4 rings (SSSR count). The van der Waals surface area contributed by atoms with Crippen molar-refractivity contribution >= 4 is 54.7 Å². The van der Waals surface area contributed by atoms with Crippen LogP contribution in [0.15, 0.2) is 53.3 Å². The molecule has 0 aliphatic heterocycles. The molecular formula is C20H15BrN4O3S. The van der Waals surface area contributed by atoms with Gasteiger partial charge in [-0.3, -0.25) is 10.1 Å². The number of nitro groups is 1. The van der Waals surface area contributed by atoms with Crippen molar-refractivity contribution in [2.24, 2.45) is 0 Å². The Morgan fingerprint density at radius 3 is 2.66 bits per heavy atom. The SMILES string of the molecule is CCc1sc2ncnc(Nc3cc([N+](=O)[O-])ccc3O)c2c1-c1ccc(Br)cc1. The molecule has 0 radical (unpaired) electrons. The van der Waals surface area contributed by atoms with E-state index in [0.717, 1.165) is 37.1 Å². The molecule has 2 aromatic heterocycles. The third-order valence-electron chi connectivity index (χ3n) is 4.46. The lowest BCUT2D eigenvalue weighted by atomic mass is 10.0. The van der Waals surface area contributed by atoms with Crippen LogP contribution in [0.3, 0.4) is 0 Å². The first-order chi connectivity index (χ1) is 14.0. The zero-order valence-corrected chi connectivity index (χ0v) is 17.6. The highest BCUT2D eigenvalue weighted by molar-refractivity contribution is 9.10. The summed E-state index contributed by atoms with van der Waals surface area (Å²) in [6.07, 6.45) is 2.27. The Hall–Kier alpha value is -3.04. The minimum atomic E-state index is -0.507. The predicted molar refractivity (Wildman–Crippen MR) is 118 cm³/mol. The molecule has 0 amide bonds. The molecule has 146 valence electrons.